The Morgan fingerprint density at radius 3 is 2.69 bits per heavy atom. The lowest BCUT2D eigenvalue weighted by Gasteiger charge is -2.22. The van der Waals surface area contributed by atoms with E-state index in [0.717, 1.165) is 18.4 Å². The molecule has 0 spiro atoms. The third kappa shape index (κ3) is 2.96. The van der Waals surface area contributed by atoms with E-state index in [-0.39, 0.29) is 11.9 Å². The lowest BCUT2D eigenvalue weighted by molar-refractivity contribution is -0.150. The van der Waals surface area contributed by atoms with E-state index in [4.69, 9.17) is 4.74 Å². The van der Waals surface area contributed by atoms with Crippen LogP contribution in [0.25, 0.3) is 6.08 Å². The summed E-state index contributed by atoms with van der Waals surface area (Å²) < 4.78 is 5.14. The Labute approximate surface area is 95.9 Å². The molecule has 2 nitrogen and oxygen atoms in total. The topological polar surface area (TPSA) is 26.3 Å². The lowest BCUT2D eigenvalue weighted by Crippen LogP contribution is -2.24. The molecule has 84 valence electrons. The molecule has 16 heavy (non-hydrogen) atoms. The van der Waals surface area contributed by atoms with Crippen molar-refractivity contribution in [1.82, 2.24) is 0 Å². The van der Waals surface area contributed by atoms with Crippen LogP contribution in [0.3, 0.4) is 0 Å². The summed E-state index contributed by atoms with van der Waals surface area (Å²) in [5.74, 6) is 0.133. The molecule has 1 aromatic carbocycles. The summed E-state index contributed by atoms with van der Waals surface area (Å²) in [6.07, 6.45) is 7.02. The van der Waals surface area contributed by atoms with Gasteiger partial charge >= 0.3 is 5.97 Å². The molecule has 0 N–H and O–H groups in total. The average Bonchev–Trinajstić information content (AvgIpc) is 2.23. The van der Waals surface area contributed by atoms with E-state index in [2.05, 4.69) is 0 Å². The van der Waals surface area contributed by atoms with Crippen molar-refractivity contribution in [2.45, 2.75) is 19.3 Å². The van der Waals surface area contributed by atoms with E-state index in [1.165, 1.54) is 6.42 Å². The molecule has 2 rings (SSSR count). The smallest absolute Gasteiger partial charge is 0.309 e. The maximum Gasteiger partial charge on any atom is 0.309 e. The van der Waals surface area contributed by atoms with Gasteiger partial charge in [0.2, 0.25) is 0 Å². The van der Waals surface area contributed by atoms with E-state index in [9.17, 15) is 4.79 Å². The van der Waals surface area contributed by atoms with Gasteiger partial charge in [0, 0.05) is 0 Å². The van der Waals surface area contributed by atoms with Crippen LogP contribution in [0.2, 0.25) is 0 Å². The first-order chi connectivity index (χ1) is 7.86. The molecule has 0 bridgehead atoms. The number of carbonyl (C=O) groups excluding carboxylic acids is 1. The summed E-state index contributed by atoms with van der Waals surface area (Å²) in [6.45, 7) is 0.379. The first kappa shape index (κ1) is 10.9. The van der Waals surface area contributed by atoms with E-state index in [1.807, 2.05) is 42.5 Å². The minimum absolute atomic E-state index is 0.0380. The highest BCUT2D eigenvalue weighted by Gasteiger charge is 2.26. The predicted octanol–water partition coefficient (Wildman–Crippen LogP) is 3.04. The van der Waals surface area contributed by atoms with Gasteiger partial charge in [0.15, 0.2) is 0 Å². The molecule has 1 saturated carbocycles. The molecule has 1 aliphatic carbocycles. The summed E-state index contributed by atoms with van der Waals surface area (Å²) in [5.41, 5.74) is 1.13. The third-order valence-corrected chi connectivity index (χ3v) is 2.87. The highest BCUT2D eigenvalue weighted by Crippen LogP contribution is 2.27. The number of hydrogen-bond acceptors (Lipinski definition) is 2. The highest BCUT2D eigenvalue weighted by molar-refractivity contribution is 5.73. The van der Waals surface area contributed by atoms with Gasteiger partial charge in [-0.25, -0.2) is 0 Å². The van der Waals surface area contributed by atoms with Gasteiger partial charge in [-0.1, -0.05) is 42.8 Å². The van der Waals surface area contributed by atoms with Crippen molar-refractivity contribution in [2.75, 3.05) is 6.61 Å². The van der Waals surface area contributed by atoms with Crippen LogP contribution in [-0.2, 0) is 9.53 Å². The zero-order chi connectivity index (χ0) is 11.2. The zero-order valence-electron chi connectivity index (χ0n) is 9.26. The largest absolute Gasteiger partial charge is 0.461 e. The fraction of sp³-hybridized carbons (Fsp3) is 0.357. The Morgan fingerprint density at radius 2 is 2.06 bits per heavy atom. The molecule has 0 unspecified atom stereocenters. The number of carbonyl (C=O) groups is 1. The summed E-state index contributed by atoms with van der Waals surface area (Å²) in [5, 5.41) is 0. The Morgan fingerprint density at radius 1 is 1.31 bits per heavy atom. The molecule has 1 aromatic rings. The number of hydrogen-bond donors (Lipinski definition) is 0. The van der Waals surface area contributed by atoms with Gasteiger partial charge in [-0.15, -0.1) is 0 Å². The maximum atomic E-state index is 11.4. The molecule has 0 saturated heterocycles. The second-order valence-corrected chi connectivity index (χ2v) is 4.07. The monoisotopic (exact) mass is 216 g/mol. The van der Waals surface area contributed by atoms with Gasteiger partial charge in [0.25, 0.3) is 0 Å². The molecule has 0 atom stereocenters. The molecule has 2 heteroatoms. The van der Waals surface area contributed by atoms with Crippen molar-refractivity contribution >= 4 is 12.0 Å². The van der Waals surface area contributed by atoms with E-state index in [0.29, 0.717) is 6.61 Å². The quantitative estimate of drug-likeness (QED) is 0.723. The minimum Gasteiger partial charge on any atom is -0.461 e. The fourth-order valence-electron chi connectivity index (χ4n) is 1.64. The zero-order valence-corrected chi connectivity index (χ0v) is 9.26. The molecule has 1 aliphatic rings. The Bertz CT molecular complexity index is 364. The molecule has 0 aliphatic heterocycles. The summed E-state index contributed by atoms with van der Waals surface area (Å²) in [7, 11) is 0. The van der Waals surface area contributed by atoms with Gasteiger partial charge in [-0.3, -0.25) is 4.79 Å². The number of rotatable bonds is 4. The van der Waals surface area contributed by atoms with Crippen LogP contribution >= 0.6 is 0 Å². The van der Waals surface area contributed by atoms with Gasteiger partial charge in [0.1, 0.15) is 6.61 Å². The molecule has 0 heterocycles. The molecule has 0 aromatic heterocycles. The molecular weight excluding hydrogens is 200 g/mol. The van der Waals surface area contributed by atoms with Crippen LogP contribution in [0.4, 0.5) is 0 Å². The van der Waals surface area contributed by atoms with Crippen molar-refractivity contribution in [3.8, 4) is 0 Å². The summed E-state index contributed by atoms with van der Waals surface area (Å²) in [6, 6.07) is 9.99. The van der Waals surface area contributed by atoms with E-state index < -0.39 is 0 Å². The lowest BCUT2D eigenvalue weighted by atomic mass is 9.86. The van der Waals surface area contributed by atoms with Crippen LogP contribution < -0.4 is 0 Å². The van der Waals surface area contributed by atoms with Crippen LogP contribution in [0.15, 0.2) is 36.4 Å². The van der Waals surface area contributed by atoms with Crippen LogP contribution in [0.1, 0.15) is 24.8 Å². The van der Waals surface area contributed by atoms with Crippen LogP contribution in [0.5, 0.6) is 0 Å². The Kier molecular flexibility index (Phi) is 3.76. The Balaban J connectivity index is 1.71. The van der Waals surface area contributed by atoms with E-state index in [1.54, 1.807) is 0 Å². The number of esters is 1. The van der Waals surface area contributed by atoms with Crippen molar-refractivity contribution in [3.05, 3.63) is 42.0 Å². The first-order valence-electron chi connectivity index (χ1n) is 5.74. The second kappa shape index (κ2) is 5.50. The molecule has 1 fully saturated rings. The normalized spacial score (nSPS) is 16.0. The van der Waals surface area contributed by atoms with Crippen molar-refractivity contribution < 1.29 is 9.53 Å². The fourth-order valence-corrected chi connectivity index (χ4v) is 1.64. The van der Waals surface area contributed by atoms with Crippen molar-refractivity contribution in [2.24, 2.45) is 5.92 Å². The highest BCUT2D eigenvalue weighted by atomic mass is 16.5. The van der Waals surface area contributed by atoms with Crippen molar-refractivity contribution in [1.29, 1.82) is 0 Å². The maximum absolute atomic E-state index is 11.4. The summed E-state index contributed by atoms with van der Waals surface area (Å²) in [4.78, 5) is 11.4. The van der Waals surface area contributed by atoms with Gasteiger partial charge in [-0.2, -0.15) is 0 Å². The predicted molar refractivity (Wildman–Crippen MR) is 63.8 cm³/mol. The van der Waals surface area contributed by atoms with Crippen LogP contribution in [0, 0.1) is 5.92 Å². The van der Waals surface area contributed by atoms with Gasteiger partial charge < -0.3 is 4.74 Å². The van der Waals surface area contributed by atoms with Crippen LogP contribution in [-0.4, -0.2) is 12.6 Å². The number of benzene rings is 1. The SMILES string of the molecule is O=C(OC/C=C/c1ccccc1)C1CCC1. The third-order valence-electron chi connectivity index (χ3n) is 2.87. The molecular formula is C14H16O2. The standard InChI is InChI=1S/C14H16O2/c15-14(13-9-4-10-13)16-11-5-8-12-6-2-1-3-7-12/h1-3,5-8,13H,4,9-11H2/b8-5+. The van der Waals surface area contributed by atoms with Gasteiger partial charge in [0.05, 0.1) is 5.92 Å². The molecule has 0 amide bonds. The average molecular weight is 216 g/mol. The van der Waals surface area contributed by atoms with E-state index >= 15 is 0 Å². The van der Waals surface area contributed by atoms with Crippen molar-refractivity contribution in [3.63, 3.8) is 0 Å². The minimum atomic E-state index is -0.0380. The number of ether oxygens (including phenoxy) is 1. The Hall–Kier alpha value is -1.57. The summed E-state index contributed by atoms with van der Waals surface area (Å²) >= 11 is 0. The first-order valence-corrected chi connectivity index (χ1v) is 5.74. The van der Waals surface area contributed by atoms with Gasteiger partial charge in [-0.05, 0) is 24.5 Å². The second-order valence-electron chi connectivity index (χ2n) is 4.07. The molecule has 0 radical (unpaired) electrons.